The average Bonchev–Trinajstić information content (AvgIpc) is 2.58. The highest BCUT2D eigenvalue weighted by molar-refractivity contribution is 5.80. The minimum Gasteiger partial charge on any atom is -0.481 e. The maximum absolute atomic E-state index is 11.6. The van der Waals surface area contributed by atoms with Gasteiger partial charge < -0.3 is 25.0 Å². The molecule has 0 radical (unpaired) electrons. The van der Waals surface area contributed by atoms with Crippen molar-refractivity contribution >= 4 is 17.0 Å². The summed E-state index contributed by atoms with van der Waals surface area (Å²) < 4.78 is 10.2. The van der Waals surface area contributed by atoms with Crippen LogP contribution >= 0.6 is 0 Å². The molecule has 2 rings (SSSR count). The zero-order chi connectivity index (χ0) is 19.3. The van der Waals surface area contributed by atoms with Gasteiger partial charge in [0, 0.05) is 18.0 Å². The molecule has 2 aromatic rings. The lowest BCUT2D eigenvalue weighted by Crippen LogP contribution is -2.34. The van der Waals surface area contributed by atoms with Crippen LogP contribution in [0.4, 0.5) is 4.79 Å². The van der Waals surface area contributed by atoms with Crippen molar-refractivity contribution in [1.82, 2.24) is 10.3 Å². The number of methoxy groups -OCH3 is 1. The fraction of sp³-hybridized carbons (Fsp3) is 0.474. The quantitative estimate of drug-likeness (QED) is 0.730. The van der Waals surface area contributed by atoms with Crippen LogP contribution in [-0.2, 0) is 4.74 Å². The van der Waals surface area contributed by atoms with E-state index in [9.17, 15) is 15.0 Å². The third-order valence-electron chi connectivity index (χ3n) is 3.71. The van der Waals surface area contributed by atoms with Gasteiger partial charge in [-0.3, -0.25) is 0 Å². The van der Waals surface area contributed by atoms with Crippen molar-refractivity contribution < 1.29 is 24.5 Å². The first kappa shape index (κ1) is 19.9. The third-order valence-corrected chi connectivity index (χ3v) is 3.71. The predicted molar refractivity (Wildman–Crippen MR) is 98.1 cm³/mol. The number of nitrogens with zero attached hydrogens (tertiary/aromatic N) is 1. The van der Waals surface area contributed by atoms with E-state index in [4.69, 9.17) is 9.47 Å². The molecule has 142 valence electrons. The molecule has 1 aromatic heterocycles. The average molecular weight is 362 g/mol. The van der Waals surface area contributed by atoms with Gasteiger partial charge >= 0.3 is 6.09 Å². The Morgan fingerprint density at radius 2 is 1.96 bits per heavy atom. The van der Waals surface area contributed by atoms with Crippen molar-refractivity contribution in [2.24, 2.45) is 0 Å². The van der Waals surface area contributed by atoms with Crippen LogP contribution in [-0.4, -0.2) is 46.6 Å². The molecule has 3 N–H and O–H groups in total. The first-order valence-electron chi connectivity index (χ1n) is 8.47. The Balaban J connectivity index is 1.94. The number of aromatic nitrogens is 1. The molecule has 0 saturated heterocycles. The topological polar surface area (TPSA) is 101 Å². The minimum absolute atomic E-state index is 0.194. The number of amides is 1. The molecule has 26 heavy (non-hydrogen) atoms. The summed E-state index contributed by atoms with van der Waals surface area (Å²) in [6.07, 6.45) is -2.44. The molecule has 0 fully saturated rings. The van der Waals surface area contributed by atoms with E-state index in [1.54, 1.807) is 52.1 Å². The maximum Gasteiger partial charge on any atom is 0.407 e. The van der Waals surface area contributed by atoms with Crippen molar-refractivity contribution in [2.75, 3.05) is 13.7 Å². The fourth-order valence-corrected chi connectivity index (χ4v) is 2.44. The van der Waals surface area contributed by atoms with Gasteiger partial charge in [-0.05, 0) is 51.0 Å². The first-order chi connectivity index (χ1) is 12.2. The zero-order valence-corrected chi connectivity index (χ0v) is 15.5. The van der Waals surface area contributed by atoms with Crippen LogP contribution in [0.5, 0.6) is 5.88 Å². The summed E-state index contributed by atoms with van der Waals surface area (Å²) in [6.45, 7) is 5.51. The molecule has 2 unspecified atom stereocenters. The molecule has 7 heteroatoms. The molecular weight excluding hydrogens is 336 g/mol. The number of carbonyl (C=O) groups excluding carboxylic acids is 1. The van der Waals surface area contributed by atoms with E-state index in [-0.39, 0.29) is 13.0 Å². The standard InChI is InChI=1S/C19H26N2O5/c1-19(2,3)26-18(24)20-10-9-15(22)17(23)13-5-7-14-12(11-13)6-8-16(21-14)25-4/h5-8,11,15,17,22-23H,9-10H2,1-4H3,(H,20,24). The number of aliphatic hydroxyl groups is 2. The normalized spacial score (nSPS) is 13.9. The number of carbonyl (C=O) groups is 1. The SMILES string of the molecule is COc1ccc2cc(C(O)C(O)CCNC(=O)OC(C)(C)C)ccc2n1. The van der Waals surface area contributed by atoms with E-state index in [0.29, 0.717) is 11.4 Å². The van der Waals surface area contributed by atoms with Gasteiger partial charge in [0.1, 0.15) is 11.7 Å². The Hall–Kier alpha value is -2.38. The summed E-state index contributed by atoms with van der Waals surface area (Å²) >= 11 is 0. The van der Waals surface area contributed by atoms with Crippen molar-refractivity contribution in [3.63, 3.8) is 0 Å². The molecule has 1 aromatic carbocycles. The molecule has 0 bridgehead atoms. The van der Waals surface area contributed by atoms with Gasteiger partial charge in [0.2, 0.25) is 5.88 Å². The summed E-state index contributed by atoms with van der Waals surface area (Å²) in [5, 5.41) is 24.0. The summed E-state index contributed by atoms with van der Waals surface area (Å²) in [4.78, 5) is 15.9. The Morgan fingerprint density at radius 1 is 1.23 bits per heavy atom. The molecule has 1 heterocycles. The first-order valence-corrected chi connectivity index (χ1v) is 8.47. The highest BCUT2D eigenvalue weighted by atomic mass is 16.6. The number of aliphatic hydroxyl groups excluding tert-OH is 2. The van der Waals surface area contributed by atoms with Gasteiger partial charge in [0.25, 0.3) is 0 Å². The molecule has 0 spiro atoms. The second kappa shape index (κ2) is 8.33. The lowest BCUT2D eigenvalue weighted by molar-refractivity contribution is 0.0124. The van der Waals surface area contributed by atoms with Gasteiger partial charge in [-0.2, -0.15) is 0 Å². The molecule has 7 nitrogen and oxygen atoms in total. The van der Waals surface area contributed by atoms with Crippen LogP contribution in [0.2, 0.25) is 0 Å². The number of fused-ring (bicyclic) bond motifs is 1. The van der Waals surface area contributed by atoms with E-state index >= 15 is 0 Å². The van der Waals surface area contributed by atoms with E-state index in [0.717, 1.165) is 10.9 Å². The summed E-state index contributed by atoms with van der Waals surface area (Å²) in [5.41, 5.74) is 0.736. The van der Waals surface area contributed by atoms with Gasteiger partial charge in [0.15, 0.2) is 0 Å². The molecule has 0 aliphatic heterocycles. The van der Waals surface area contributed by atoms with Crippen LogP contribution in [0.1, 0.15) is 38.9 Å². The molecule has 2 atom stereocenters. The fourth-order valence-electron chi connectivity index (χ4n) is 2.44. The summed E-state index contributed by atoms with van der Waals surface area (Å²) in [7, 11) is 1.55. The summed E-state index contributed by atoms with van der Waals surface area (Å²) in [5.74, 6) is 0.513. The lowest BCUT2D eigenvalue weighted by atomic mass is 10.0. The van der Waals surface area contributed by atoms with Crippen molar-refractivity contribution in [2.45, 2.75) is 45.0 Å². The second-order valence-electron chi connectivity index (χ2n) is 7.04. The van der Waals surface area contributed by atoms with Gasteiger partial charge in [0.05, 0.1) is 18.7 Å². The number of ether oxygens (including phenoxy) is 2. The number of rotatable bonds is 6. The Morgan fingerprint density at radius 3 is 2.62 bits per heavy atom. The largest absolute Gasteiger partial charge is 0.481 e. The number of benzene rings is 1. The smallest absolute Gasteiger partial charge is 0.407 e. The Bertz CT molecular complexity index is 757. The van der Waals surface area contributed by atoms with Gasteiger partial charge in [-0.25, -0.2) is 9.78 Å². The van der Waals surface area contributed by atoms with Crippen LogP contribution in [0.25, 0.3) is 10.9 Å². The molecule has 0 aliphatic carbocycles. The zero-order valence-electron chi connectivity index (χ0n) is 15.5. The van der Waals surface area contributed by atoms with E-state index in [2.05, 4.69) is 10.3 Å². The van der Waals surface area contributed by atoms with Crippen LogP contribution in [0.15, 0.2) is 30.3 Å². The molecule has 0 aliphatic rings. The number of hydrogen-bond acceptors (Lipinski definition) is 6. The van der Waals surface area contributed by atoms with Gasteiger partial charge in [-0.15, -0.1) is 0 Å². The third kappa shape index (κ3) is 5.57. The van der Waals surface area contributed by atoms with Gasteiger partial charge in [-0.1, -0.05) is 6.07 Å². The Kier molecular flexibility index (Phi) is 6.39. The molecular formula is C19H26N2O5. The Labute approximate surface area is 153 Å². The number of alkyl carbamates (subject to hydrolysis) is 1. The monoisotopic (exact) mass is 362 g/mol. The van der Waals surface area contributed by atoms with E-state index in [1.807, 2.05) is 6.07 Å². The summed E-state index contributed by atoms with van der Waals surface area (Å²) in [6, 6.07) is 8.83. The van der Waals surface area contributed by atoms with E-state index in [1.165, 1.54) is 0 Å². The second-order valence-corrected chi connectivity index (χ2v) is 7.04. The number of nitrogens with one attached hydrogen (secondary N) is 1. The molecule has 0 saturated carbocycles. The molecule has 1 amide bonds. The highest BCUT2D eigenvalue weighted by Crippen LogP contribution is 2.24. The lowest BCUT2D eigenvalue weighted by Gasteiger charge is -2.21. The van der Waals surface area contributed by atoms with Crippen molar-refractivity contribution in [3.8, 4) is 5.88 Å². The van der Waals surface area contributed by atoms with Crippen LogP contribution in [0, 0.1) is 0 Å². The van der Waals surface area contributed by atoms with Crippen molar-refractivity contribution in [3.05, 3.63) is 35.9 Å². The van der Waals surface area contributed by atoms with Crippen molar-refractivity contribution in [1.29, 1.82) is 0 Å². The minimum atomic E-state index is -1.07. The predicted octanol–water partition coefficient (Wildman–Crippen LogP) is 2.55. The van der Waals surface area contributed by atoms with Crippen LogP contribution in [0.3, 0.4) is 0 Å². The number of hydrogen-bond donors (Lipinski definition) is 3. The maximum atomic E-state index is 11.6. The highest BCUT2D eigenvalue weighted by Gasteiger charge is 2.20. The van der Waals surface area contributed by atoms with E-state index < -0.39 is 23.9 Å². The number of pyridine rings is 1. The van der Waals surface area contributed by atoms with Crippen LogP contribution < -0.4 is 10.1 Å².